The molecule has 1 heterocycles. The molecule has 0 aromatic heterocycles. The van der Waals surface area contributed by atoms with E-state index in [1.54, 1.807) is 6.07 Å². The maximum atomic E-state index is 10.8. The molecular formula is C9H7ClN2O4. The lowest BCUT2D eigenvalue weighted by Gasteiger charge is -2.07. The fourth-order valence-electron chi connectivity index (χ4n) is 1.44. The second-order valence-electron chi connectivity index (χ2n) is 3.24. The standard InChI is InChI=1S/C9H7ClN2O4/c10-6-2-1-5(3-7(6)12(14)15)8-4-11-9(13)16-8/h1-3,8H,4H2,(H,11,13). The zero-order valence-electron chi connectivity index (χ0n) is 7.97. The Morgan fingerprint density at radius 1 is 1.56 bits per heavy atom. The molecule has 1 saturated heterocycles. The molecule has 0 spiro atoms. The summed E-state index contributed by atoms with van der Waals surface area (Å²) >= 11 is 5.66. The van der Waals surface area contributed by atoms with E-state index >= 15 is 0 Å². The number of benzene rings is 1. The number of ether oxygens (including phenoxy) is 1. The molecule has 7 heteroatoms. The average molecular weight is 243 g/mol. The molecular weight excluding hydrogens is 236 g/mol. The number of nitrogens with one attached hydrogen (secondary N) is 1. The summed E-state index contributed by atoms with van der Waals surface area (Å²) in [7, 11) is 0. The second-order valence-corrected chi connectivity index (χ2v) is 3.65. The number of hydrogen-bond donors (Lipinski definition) is 1. The predicted octanol–water partition coefficient (Wildman–Crippen LogP) is 2.03. The molecule has 84 valence electrons. The van der Waals surface area contributed by atoms with Crippen molar-refractivity contribution >= 4 is 23.4 Å². The van der Waals surface area contributed by atoms with Gasteiger partial charge in [-0.1, -0.05) is 17.7 Å². The smallest absolute Gasteiger partial charge is 0.407 e. The fraction of sp³-hybridized carbons (Fsp3) is 0.222. The van der Waals surface area contributed by atoms with Crippen LogP contribution in [0.5, 0.6) is 0 Å². The first-order valence-corrected chi connectivity index (χ1v) is 4.84. The summed E-state index contributed by atoms with van der Waals surface area (Å²) in [6.45, 7) is 0.303. The third-order valence-corrected chi connectivity index (χ3v) is 2.54. The number of halogens is 1. The Morgan fingerprint density at radius 3 is 2.88 bits per heavy atom. The van der Waals surface area contributed by atoms with Crippen molar-refractivity contribution in [3.8, 4) is 0 Å². The molecule has 1 amide bonds. The molecule has 0 radical (unpaired) electrons. The molecule has 1 aliphatic rings. The van der Waals surface area contributed by atoms with Crippen LogP contribution in [0, 0.1) is 10.1 Å². The van der Waals surface area contributed by atoms with Crippen molar-refractivity contribution in [2.75, 3.05) is 6.54 Å². The number of nitrogens with zero attached hydrogens (tertiary/aromatic N) is 1. The quantitative estimate of drug-likeness (QED) is 0.635. The summed E-state index contributed by atoms with van der Waals surface area (Å²) < 4.78 is 4.91. The monoisotopic (exact) mass is 242 g/mol. The van der Waals surface area contributed by atoms with E-state index < -0.39 is 17.1 Å². The van der Waals surface area contributed by atoms with Crippen molar-refractivity contribution in [1.29, 1.82) is 0 Å². The Kier molecular flexibility index (Phi) is 2.66. The molecule has 1 atom stereocenters. The lowest BCUT2D eigenvalue weighted by atomic mass is 10.1. The Labute approximate surface area is 95.3 Å². The van der Waals surface area contributed by atoms with E-state index in [9.17, 15) is 14.9 Å². The summed E-state index contributed by atoms with van der Waals surface area (Å²) in [5.74, 6) is 0. The van der Waals surface area contributed by atoms with Gasteiger partial charge in [0.25, 0.3) is 5.69 Å². The molecule has 0 bridgehead atoms. The first-order valence-electron chi connectivity index (χ1n) is 4.46. The van der Waals surface area contributed by atoms with Crippen LogP contribution in [0.25, 0.3) is 0 Å². The van der Waals surface area contributed by atoms with Gasteiger partial charge >= 0.3 is 6.09 Å². The number of nitro benzene ring substituents is 1. The van der Waals surface area contributed by atoms with Crippen LogP contribution in [0.1, 0.15) is 11.7 Å². The molecule has 1 aromatic rings. The van der Waals surface area contributed by atoms with Crippen LogP contribution in [0.2, 0.25) is 5.02 Å². The van der Waals surface area contributed by atoms with Crippen molar-refractivity contribution in [2.24, 2.45) is 0 Å². The molecule has 1 N–H and O–H groups in total. The highest BCUT2D eigenvalue weighted by atomic mass is 35.5. The summed E-state index contributed by atoms with van der Waals surface area (Å²) in [4.78, 5) is 20.9. The molecule has 2 rings (SSSR count). The minimum absolute atomic E-state index is 0.0611. The maximum absolute atomic E-state index is 10.8. The van der Waals surface area contributed by atoms with Gasteiger partial charge in [0.15, 0.2) is 0 Å². The third kappa shape index (κ3) is 1.92. The molecule has 0 saturated carbocycles. The Bertz CT molecular complexity index is 463. The number of cyclic esters (lactones) is 1. The number of hydrogen-bond acceptors (Lipinski definition) is 4. The number of carbonyl (C=O) groups is 1. The number of rotatable bonds is 2. The van der Waals surface area contributed by atoms with Crippen LogP contribution in [0.4, 0.5) is 10.5 Å². The van der Waals surface area contributed by atoms with E-state index in [1.807, 2.05) is 0 Å². The molecule has 1 fully saturated rings. The minimum atomic E-state index is -0.573. The van der Waals surface area contributed by atoms with Crippen molar-refractivity contribution in [3.63, 3.8) is 0 Å². The minimum Gasteiger partial charge on any atom is -0.439 e. The first-order chi connectivity index (χ1) is 7.58. The molecule has 1 aromatic carbocycles. The van der Waals surface area contributed by atoms with Gasteiger partial charge in [-0.2, -0.15) is 0 Å². The van der Waals surface area contributed by atoms with Gasteiger partial charge in [0, 0.05) is 11.6 Å². The molecule has 1 unspecified atom stereocenters. The summed E-state index contributed by atoms with van der Waals surface area (Å²) in [6.07, 6.45) is -1.02. The van der Waals surface area contributed by atoms with Crippen molar-refractivity contribution in [1.82, 2.24) is 5.32 Å². The van der Waals surface area contributed by atoms with E-state index in [0.29, 0.717) is 12.1 Å². The van der Waals surface area contributed by atoms with E-state index in [1.165, 1.54) is 12.1 Å². The van der Waals surface area contributed by atoms with Gasteiger partial charge < -0.3 is 10.1 Å². The number of nitro groups is 1. The molecule has 1 aliphatic heterocycles. The van der Waals surface area contributed by atoms with E-state index in [-0.39, 0.29) is 10.7 Å². The fourth-order valence-corrected chi connectivity index (χ4v) is 1.63. The Hall–Kier alpha value is -1.82. The van der Waals surface area contributed by atoms with Crippen LogP contribution >= 0.6 is 11.6 Å². The Balaban J connectivity index is 2.32. The zero-order valence-corrected chi connectivity index (χ0v) is 8.73. The van der Waals surface area contributed by atoms with Gasteiger partial charge in [-0.3, -0.25) is 10.1 Å². The van der Waals surface area contributed by atoms with Crippen molar-refractivity contribution in [3.05, 3.63) is 38.9 Å². The van der Waals surface area contributed by atoms with E-state index in [4.69, 9.17) is 16.3 Å². The Morgan fingerprint density at radius 2 is 2.31 bits per heavy atom. The van der Waals surface area contributed by atoms with Gasteiger partial charge in [-0.05, 0) is 6.07 Å². The predicted molar refractivity (Wildman–Crippen MR) is 55.3 cm³/mol. The summed E-state index contributed by atoms with van der Waals surface area (Å²) in [5.41, 5.74) is 0.358. The highest BCUT2D eigenvalue weighted by Crippen LogP contribution is 2.29. The lowest BCUT2D eigenvalue weighted by molar-refractivity contribution is -0.384. The van der Waals surface area contributed by atoms with Gasteiger partial charge in [0.05, 0.1) is 11.5 Å². The normalized spacial score (nSPS) is 19.1. The average Bonchev–Trinajstić information content (AvgIpc) is 2.65. The van der Waals surface area contributed by atoms with Crippen molar-refractivity contribution < 1.29 is 14.5 Å². The third-order valence-electron chi connectivity index (χ3n) is 2.22. The van der Waals surface area contributed by atoms with Gasteiger partial charge in [-0.15, -0.1) is 0 Å². The molecule has 0 aliphatic carbocycles. The van der Waals surface area contributed by atoms with Crippen molar-refractivity contribution in [2.45, 2.75) is 6.10 Å². The zero-order chi connectivity index (χ0) is 11.7. The van der Waals surface area contributed by atoms with E-state index in [2.05, 4.69) is 5.32 Å². The summed E-state index contributed by atoms with van der Waals surface area (Å²) in [6, 6.07) is 4.33. The summed E-state index contributed by atoms with van der Waals surface area (Å²) in [5, 5.41) is 13.2. The second kappa shape index (κ2) is 3.97. The number of alkyl carbamates (subject to hydrolysis) is 1. The first kappa shape index (κ1) is 10.7. The largest absolute Gasteiger partial charge is 0.439 e. The van der Waals surface area contributed by atoms with Gasteiger partial charge in [0.2, 0.25) is 0 Å². The van der Waals surface area contributed by atoms with Crippen LogP contribution in [0.15, 0.2) is 18.2 Å². The highest BCUT2D eigenvalue weighted by Gasteiger charge is 2.26. The SMILES string of the molecule is O=C1NCC(c2ccc(Cl)c([N+](=O)[O-])c2)O1. The lowest BCUT2D eigenvalue weighted by Crippen LogP contribution is -2.12. The highest BCUT2D eigenvalue weighted by molar-refractivity contribution is 6.32. The van der Waals surface area contributed by atoms with Crippen LogP contribution < -0.4 is 5.32 Å². The molecule has 16 heavy (non-hydrogen) atoms. The number of amides is 1. The number of carbonyl (C=O) groups excluding carboxylic acids is 1. The molecule has 6 nitrogen and oxygen atoms in total. The maximum Gasteiger partial charge on any atom is 0.407 e. The van der Waals surface area contributed by atoms with Crippen LogP contribution in [-0.4, -0.2) is 17.6 Å². The van der Waals surface area contributed by atoms with E-state index in [0.717, 1.165) is 0 Å². The van der Waals surface area contributed by atoms with Crippen LogP contribution in [0.3, 0.4) is 0 Å². The van der Waals surface area contributed by atoms with Gasteiger partial charge in [-0.25, -0.2) is 4.79 Å². The van der Waals surface area contributed by atoms with Gasteiger partial charge in [0.1, 0.15) is 11.1 Å². The topological polar surface area (TPSA) is 81.5 Å². The van der Waals surface area contributed by atoms with Crippen LogP contribution in [-0.2, 0) is 4.74 Å².